The van der Waals surface area contributed by atoms with Crippen LogP contribution < -0.4 is 5.32 Å². The second-order valence-corrected chi connectivity index (χ2v) is 3.59. The van der Waals surface area contributed by atoms with E-state index in [1.807, 2.05) is 0 Å². The molecule has 15 heavy (non-hydrogen) atoms. The summed E-state index contributed by atoms with van der Waals surface area (Å²) in [5.41, 5.74) is 0.270. The Kier molecular flexibility index (Phi) is 2.97. The van der Waals surface area contributed by atoms with Crippen LogP contribution in [0.5, 0.6) is 0 Å². The van der Waals surface area contributed by atoms with Crippen LogP contribution in [0.1, 0.15) is 5.69 Å². The molecule has 5 nitrogen and oxygen atoms in total. The van der Waals surface area contributed by atoms with Crippen molar-refractivity contribution in [3.8, 4) is 0 Å². The molecule has 0 amide bonds. The fraction of sp³-hybridized carbons (Fsp3) is 0.500. The van der Waals surface area contributed by atoms with E-state index in [-0.39, 0.29) is 5.69 Å². The third kappa shape index (κ3) is 2.15. The molecule has 82 valence electrons. The molecule has 0 atom stereocenters. The number of rotatable bonds is 2. The van der Waals surface area contributed by atoms with Crippen LogP contribution in [-0.2, 0) is 5.91 Å². The topological polar surface area (TPSA) is 68.6 Å². The molecule has 0 spiro atoms. The van der Waals surface area contributed by atoms with Crippen molar-refractivity contribution in [2.45, 2.75) is 5.91 Å². The first-order chi connectivity index (χ1) is 7.21. The van der Waals surface area contributed by atoms with Crippen LogP contribution >= 0.6 is 0 Å². The van der Waals surface area contributed by atoms with E-state index in [2.05, 4.69) is 10.3 Å². The fourth-order valence-corrected chi connectivity index (χ4v) is 1.70. The highest BCUT2D eigenvalue weighted by Crippen LogP contribution is 2.20. The molecule has 2 rings (SSSR count). The van der Waals surface area contributed by atoms with E-state index in [0.717, 1.165) is 13.1 Å². The van der Waals surface area contributed by atoms with Crippen molar-refractivity contribution in [2.75, 3.05) is 26.2 Å². The van der Waals surface area contributed by atoms with E-state index in [1.54, 1.807) is 29.3 Å². The number of aromatic nitrogens is 1. The molecule has 2 heterocycles. The molecule has 1 saturated heterocycles. The standard InChI is InChI=1S/C10H15N3O2/c14-10(15,9-3-1-2-4-12-9)13-7-5-11-6-8-13/h1-4,11,14-15H,5-8H2. The van der Waals surface area contributed by atoms with E-state index < -0.39 is 5.91 Å². The Hall–Kier alpha value is -1.01. The smallest absolute Gasteiger partial charge is 0.271 e. The summed E-state index contributed by atoms with van der Waals surface area (Å²) in [5, 5.41) is 23.2. The number of nitrogens with zero attached hydrogens (tertiary/aromatic N) is 2. The van der Waals surface area contributed by atoms with Crippen molar-refractivity contribution in [1.29, 1.82) is 0 Å². The lowest BCUT2D eigenvalue weighted by Gasteiger charge is -2.37. The Morgan fingerprint density at radius 1 is 1.27 bits per heavy atom. The van der Waals surface area contributed by atoms with Crippen LogP contribution in [0.2, 0.25) is 0 Å². The molecule has 1 aliphatic rings. The van der Waals surface area contributed by atoms with Crippen molar-refractivity contribution in [3.63, 3.8) is 0 Å². The monoisotopic (exact) mass is 209 g/mol. The summed E-state index contributed by atoms with van der Waals surface area (Å²) < 4.78 is 0. The molecule has 0 unspecified atom stereocenters. The molecule has 1 aromatic rings. The maximum atomic E-state index is 10.0. The average molecular weight is 209 g/mol. The van der Waals surface area contributed by atoms with Gasteiger partial charge in [-0.3, -0.25) is 4.98 Å². The third-order valence-electron chi connectivity index (χ3n) is 2.57. The molecule has 0 aliphatic carbocycles. The summed E-state index contributed by atoms with van der Waals surface area (Å²) >= 11 is 0. The summed E-state index contributed by atoms with van der Waals surface area (Å²) in [4.78, 5) is 5.57. The van der Waals surface area contributed by atoms with Crippen LogP contribution in [0, 0.1) is 0 Å². The van der Waals surface area contributed by atoms with E-state index in [4.69, 9.17) is 0 Å². The summed E-state index contributed by atoms with van der Waals surface area (Å²) in [7, 11) is 0. The van der Waals surface area contributed by atoms with E-state index in [1.165, 1.54) is 0 Å². The van der Waals surface area contributed by atoms with Crippen molar-refractivity contribution in [2.24, 2.45) is 0 Å². The van der Waals surface area contributed by atoms with Gasteiger partial charge in [-0.15, -0.1) is 0 Å². The molecule has 0 radical (unpaired) electrons. The van der Waals surface area contributed by atoms with Crippen LogP contribution in [0.25, 0.3) is 0 Å². The summed E-state index contributed by atoms with van der Waals surface area (Å²) in [6.45, 7) is 2.72. The van der Waals surface area contributed by atoms with Gasteiger partial charge in [0.1, 0.15) is 5.69 Å². The summed E-state index contributed by atoms with van der Waals surface area (Å²) in [5.74, 6) is -1.95. The molecule has 1 fully saturated rings. The largest absolute Gasteiger partial charge is 0.348 e. The predicted molar refractivity (Wildman–Crippen MR) is 54.8 cm³/mol. The molecule has 1 aliphatic heterocycles. The van der Waals surface area contributed by atoms with Crippen LogP contribution in [0.3, 0.4) is 0 Å². The second kappa shape index (κ2) is 4.24. The van der Waals surface area contributed by atoms with Gasteiger partial charge in [0.2, 0.25) is 0 Å². The lowest BCUT2D eigenvalue weighted by Crippen LogP contribution is -2.54. The summed E-state index contributed by atoms with van der Waals surface area (Å²) in [6.07, 6.45) is 1.55. The minimum atomic E-state index is -1.95. The zero-order chi connectivity index (χ0) is 10.7. The van der Waals surface area contributed by atoms with Crippen LogP contribution in [0.15, 0.2) is 24.4 Å². The first kappa shape index (κ1) is 10.5. The van der Waals surface area contributed by atoms with Gasteiger partial charge in [0.05, 0.1) is 0 Å². The highest BCUT2D eigenvalue weighted by Gasteiger charge is 2.35. The Bertz CT molecular complexity index is 310. The molecular formula is C10H15N3O2. The first-order valence-corrected chi connectivity index (χ1v) is 5.03. The zero-order valence-corrected chi connectivity index (χ0v) is 8.43. The van der Waals surface area contributed by atoms with Crippen LogP contribution in [-0.4, -0.2) is 46.3 Å². The van der Waals surface area contributed by atoms with Crippen molar-refractivity contribution in [1.82, 2.24) is 15.2 Å². The normalized spacial score (nSPS) is 19.1. The Balaban J connectivity index is 2.18. The fourth-order valence-electron chi connectivity index (χ4n) is 1.70. The van der Waals surface area contributed by atoms with Gasteiger partial charge in [0.25, 0.3) is 5.91 Å². The van der Waals surface area contributed by atoms with Crippen LogP contribution in [0.4, 0.5) is 0 Å². The highest BCUT2D eigenvalue weighted by atomic mass is 16.5. The van der Waals surface area contributed by atoms with Gasteiger partial charge in [-0.2, -0.15) is 0 Å². The zero-order valence-electron chi connectivity index (χ0n) is 8.43. The van der Waals surface area contributed by atoms with Crippen molar-refractivity contribution < 1.29 is 10.2 Å². The molecule has 1 aromatic heterocycles. The second-order valence-electron chi connectivity index (χ2n) is 3.59. The highest BCUT2D eigenvalue weighted by molar-refractivity contribution is 5.09. The predicted octanol–water partition coefficient (Wildman–Crippen LogP) is -0.918. The maximum absolute atomic E-state index is 10.0. The lowest BCUT2D eigenvalue weighted by molar-refractivity contribution is -0.279. The average Bonchev–Trinajstić information content (AvgIpc) is 2.31. The minimum absolute atomic E-state index is 0.270. The van der Waals surface area contributed by atoms with E-state index in [0.29, 0.717) is 13.1 Å². The van der Waals surface area contributed by atoms with Gasteiger partial charge in [-0.25, -0.2) is 4.90 Å². The molecule has 0 aromatic carbocycles. The van der Waals surface area contributed by atoms with Gasteiger partial charge in [-0.1, -0.05) is 6.07 Å². The summed E-state index contributed by atoms with van der Waals surface area (Å²) in [6, 6.07) is 5.10. The molecular weight excluding hydrogens is 194 g/mol. The number of pyridine rings is 1. The van der Waals surface area contributed by atoms with Gasteiger partial charge in [0.15, 0.2) is 0 Å². The van der Waals surface area contributed by atoms with Gasteiger partial charge in [0, 0.05) is 32.4 Å². The van der Waals surface area contributed by atoms with E-state index in [9.17, 15) is 10.2 Å². The van der Waals surface area contributed by atoms with E-state index >= 15 is 0 Å². The first-order valence-electron chi connectivity index (χ1n) is 5.03. The third-order valence-corrected chi connectivity index (χ3v) is 2.57. The van der Waals surface area contributed by atoms with Crippen molar-refractivity contribution >= 4 is 0 Å². The molecule has 0 saturated carbocycles. The lowest BCUT2D eigenvalue weighted by atomic mass is 10.2. The maximum Gasteiger partial charge on any atom is 0.271 e. The molecule has 3 N–H and O–H groups in total. The molecule has 0 bridgehead atoms. The van der Waals surface area contributed by atoms with Crippen molar-refractivity contribution in [3.05, 3.63) is 30.1 Å². The Morgan fingerprint density at radius 3 is 2.60 bits per heavy atom. The quantitative estimate of drug-likeness (QED) is 0.550. The number of piperazine rings is 1. The number of nitrogens with one attached hydrogen (secondary N) is 1. The Labute approximate surface area is 88.4 Å². The Morgan fingerprint density at radius 2 is 2.00 bits per heavy atom. The number of aliphatic hydroxyl groups is 2. The van der Waals surface area contributed by atoms with Gasteiger partial charge in [-0.05, 0) is 12.1 Å². The molecule has 5 heteroatoms. The number of hydrogen-bond acceptors (Lipinski definition) is 5. The SMILES string of the molecule is OC(O)(c1ccccn1)N1CCNCC1. The van der Waals surface area contributed by atoms with Gasteiger partial charge >= 0.3 is 0 Å². The van der Waals surface area contributed by atoms with Gasteiger partial charge < -0.3 is 15.5 Å². The number of hydrogen-bond donors (Lipinski definition) is 3. The minimum Gasteiger partial charge on any atom is -0.348 e.